The molecule has 3 N–H and O–H groups in total. The number of aromatic amines is 1. The second-order valence-electron chi connectivity index (χ2n) is 29.7. The summed E-state index contributed by atoms with van der Waals surface area (Å²) in [7, 11) is 1.83. The number of carbonyl (C=O) groups excluding carboxylic acids is 4. The first-order chi connectivity index (χ1) is 55.5. The summed E-state index contributed by atoms with van der Waals surface area (Å²) in [5.74, 6) is 0.990. The van der Waals surface area contributed by atoms with Crippen LogP contribution in [-0.4, -0.2) is 213 Å². The molecule has 0 spiro atoms. The number of anilines is 1. The van der Waals surface area contributed by atoms with Crippen molar-refractivity contribution in [3.05, 3.63) is 86.2 Å². The van der Waals surface area contributed by atoms with Gasteiger partial charge in [0.2, 0.25) is 0 Å². The maximum atomic E-state index is 13.1. The van der Waals surface area contributed by atoms with Crippen molar-refractivity contribution in [1.29, 1.82) is 0 Å². The molecule has 11 heterocycles. The molecule has 10 fully saturated rings. The van der Waals surface area contributed by atoms with Crippen LogP contribution in [0, 0.1) is 23.7 Å². The van der Waals surface area contributed by atoms with Gasteiger partial charge in [0.15, 0.2) is 30.6 Å². The lowest BCUT2D eigenvalue weighted by Gasteiger charge is -2.26. The molecule has 4 atom stereocenters. The molecule has 11 aliphatic rings. The summed E-state index contributed by atoms with van der Waals surface area (Å²) in [6.07, 6.45) is 45.1. The number of allylic oxidation sites excluding steroid dienone is 1. The van der Waals surface area contributed by atoms with Crippen molar-refractivity contribution in [1.82, 2.24) is 49.5 Å². The second-order valence-corrected chi connectivity index (χ2v) is 45.2. The fraction of sp³-hybridized carbons (Fsp3) is 0.671. The zero-order chi connectivity index (χ0) is 81.7. The molecule has 4 unspecified atom stereocenters. The maximum absolute atomic E-state index is 13.1. The van der Waals surface area contributed by atoms with Crippen molar-refractivity contribution in [3.63, 3.8) is 0 Å². The van der Waals surface area contributed by atoms with Gasteiger partial charge in [0, 0.05) is 119 Å². The number of Topliss-reactive ketones (excluding diaryl/α,β-unsaturated/α-hetero) is 1. The first kappa shape index (κ1) is 93.3. The van der Waals surface area contributed by atoms with Crippen LogP contribution in [0.25, 0.3) is 0 Å². The van der Waals surface area contributed by atoms with E-state index in [2.05, 4.69) is 98.6 Å². The van der Waals surface area contributed by atoms with E-state index in [4.69, 9.17) is 57.4 Å². The van der Waals surface area contributed by atoms with Crippen molar-refractivity contribution in [2.45, 2.75) is 235 Å². The van der Waals surface area contributed by atoms with Gasteiger partial charge in [0.25, 0.3) is 0 Å². The number of methoxy groups -OCH3 is 3. The van der Waals surface area contributed by atoms with Crippen LogP contribution in [0.15, 0.2) is 97.1 Å². The SMILES string of the molecule is BrC1=CCN=C1.C1CC1SSC1CC1.COC(=O)C(Br)CC1CCOCC1.COC(=O)C(CC1CCOCC1)n1cc(S(=O)(=O)C2CC2)cn1.COC(=O)C(CC1CCOCC1)n1cc(SC2CC2)cn1.Nc1ncc(Cl)s1.O=C(Cc1ncc(Cl)s1)C(CC1CCOCC1)n1cc(S(=O)(=O)C2CC2)cn1.c1n[nH]cc1SC1CC1. The number of aliphatic imine (C=N–C) groups is 1. The lowest BCUT2D eigenvalue weighted by atomic mass is 9.90. The first-order valence-electron chi connectivity index (χ1n) is 39.3. The highest BCUT2D eigenvalue weighted by atomic mass is 79.9. The summed E-state index contributed by atoms with van der Waals surface area (Å²) in [6.45, 7) is 6.85. The number of carbonyl (C=O) groups is 4. The molecule has 6 aliphatic carbocycles. The number of sulfone groups is 2. The number of thioether (sulfide) groups is 2. The highest BCUT2D eigenvalue weighted by molar-refractivity contribution is 9.12. The van der Waals surface area contributed by atoms with E-state index in [9.17, 15) is 36.0 Å². The molecule has 0 amide bonds. The van der Waals surface area contributed by atoms with Crippen LogP contribution in [0.5, 0.6) is 0 Å². The van der Waals surface area contributed by atoms with Gasteiger partial charge in [-0.1, -0.05) is 72.1 Å². The molecule has 39 heteroatoms. The number of ketones is 1. The van der Waals surface area contributed by atoms with Gasteiger partial charge < -0.3 is 38.9 Å². The standard InChI is InChI=1S/C18H22ClN3O4S2.C15H22N2O5S.C15H22N2O3S.C9H15BrO3.C6H8N2S.C6H10S2.C4H4BrN.C3H3ClN2S/c19-17-10-20-18(27-17)8-16(23)15(7-12-3-5-26-6-4-12)22-11-14(9-21-22)28(24,25)13-1-2-13;1-21-15(18)14(8-11-4-6-22-7-5-11)17-10-13(9-16-17)23(19,20)12-2-3-12;1-19-15(18)14(8-11-4-6-20-7-5-11)17-10-13(9-16-17)21-12-2-3-12;1-12-9(11)8(10)6-7-2-4-13-5-3-7;1-2-5(1)9-6-3-7-8-4-6;1-2-5(1)7-8-6-3-4-6;5-4-1-2-6-3-4;4-2-1-6-3(5)7-2/h9-13,15H,1-8H2;9-12,14H,2-8H2,1H3;9-12,14H,2-8H2,1H3;7-8H,2-6H2,1H3;3-5H,1-2H2,(H,7,8);5-6H,1-4H2;1,3H,2H2;1H,(H2,5,6). The maximum Gasteiger partial charge on any atom is 0.330 e. The molecule has 6 aromatic rings. The molecular weight excluding hydrogens is 1810 g/mol. The molecule has 4 saturated heterocycles. The number of thiazole rings is 2. The van der Waals surface area contributed by atoms with E-state index in [1.807, 2.05) is 54.4 Å². The van der Waals surface area contributed by atoms with E-state index in [0.29, 0.717) is 107 Å². The Labute approximate surface area is 725 Å². The topological polar surface area (TPSA) is 347 Å². The number of ether oxygens (including phenoxy) is 7. The summed E-state index contributed by atoms with van der Waals surface area (Å²) >= 11 is 24.3. The van der Waals surface area contributed by atoms with E-state index in [1.165, 1.54) is 147 Å². The summed E-state index contributed by atoms with van der Waals surface area (Å²) in [6, 6.07) is -1.42. The Morgan fingerprint density at radius 3 is 1.31 bits per heavy atom. The number of esters is 3. The first-order valence-corrected chi connectivity index (χ1v) is 50.5. The minimum Gasteiger partial charge on any atom is -0.468 e. The van der Waals surface area contributed by atoms with Crippen LogP contribution in [0.4, 0.5) is 5.13 Å². The normalized spacial score (nSPS) is 20.2. The third kappa shape index (κ3) is 33.4. The number of hydrogen-bond donors (Lipinski definition) is 2. The van der Waals surface area contributed by atoms with Gasteiger partial charge in [-0.25, -0.2) is 36.4 Å². The number of alkyl halides is 1. The van der Waals surface area contributed by atoms with Crippen molar-refractivity contribution in [2.75, 3.05) is 86.5 Å². The number of nitrogens with two attached hydrogens (primary N) is 1. The van der Waals surface area contributed by atoms with Gasteiger partial charge in [-0.05, 0) is 200 Å². The predicted octanol–water partition coefficient (Wildman–Crippen LogP) is 15.9. The number of rotatable bonds is 28. The predicted molar refractivity (Wildman–Crippen MR) is 461 cm³/mol. The third-order valence-corrected chi connectivity index (χ3v) is 34.0. The Kier molecular flexibility index (Phi) is 39.0. The Bertz CT molecular complexity index is 4210. The molecule has 0 aromatic carbocycles. The molecule has 6 saturated carbocycles. The number of aromatic nitrogens is 10. The van der Waals surface area contributed by atoms with Crippen LogP contribution in [0.3, 0.4) is 0 Å². The van der Waals surface area contributed by atoms with Crippen molar-refractivity contribution >= 4 is 178 Å². The highest BCUT2D eigenvalue weighted by Crippen LogP contribution is 2.50. The molecule has 27 nitrogen and oxygen atoms in total. The van der Waals surface area contributed by atoms with Crippen LogP contribution >= 0.6 is 123 Å². The van der Waals surface area contributed by atoms with Crippen molar-refractivity contribution in [2.24, 2.45) is 28.7 Å². The smallest absolute Gasteiger partial charge is 0.330 e. The van der Waals surface area contributed by atoms with Crippen LogP contribution in [0.2, 0.25) is 8.67 Å². The zero-order valence-electron chi connectivity index (χ0n) is 65.0. The Balaban J connectivity index is 0.000000146. The van der Waals surface area contributed by atoms with Gasteiger partial charge in [0.05, 0.1) is 82.0 Å². The number of nitrogens with one attached hydrogen (secondary N) is 1. The minimum atomic E-state index is -3.34. The number of hydrogen-bond acceptors (Lipinski definition) is 29. The highest BCUT2D eigenvalue weighted by Gasteiger charge is 2.41. The minimum absolute atomic E-state index is 0.0315. The molecule has 636 valence electrons. The van der Waals surface area contributed by atoms with E-state index in [0.717, 1.165) is 128 Å². The average Bonchev–Trinajstić information content (AvgIpc) is 1.64. The molecule has 17 rings (SSSR count). The Hall–Kier alpha value is -3.93. The lowest BCUT2D eigenvalue weighted by Crippen LogP contribution is -2.27. The summed E-state index contributed by atoms with van der Waals surface area (Å²) in [5.41, 5.74) is 5.20. The second kappa shape index (κ2) is 48.1. The summed E-state index contributed by atoms with van der Waals surface area (Å²) in [4.78, 5) is 62.8. The van der Waals surface area contributed by atoms with Gasteiger partial charge in [-0.15, -0.1) is 34.9 Å². The number of nitrogen functional groups attached to an aromatic ring is 1. The van der Waals surface area contributed by atoms with Gasteiger partial charge >= 0.3 is 17.9 Å². The van der Waals surface area contributed by atoms with Gasteiger partial charge in [-0.2, -0.15) is 20.4 Å². The van der Waals surface area contributed by atoms with Gasteiger partial charge in [-0.3, -0.25) is 33.7 Å². The number of H-pyrrole nitrogens is 1. The van der Waals surface area contributed by atoms with E-state index in [-0.39, 0.29) is 55.3 Å². The van der Waals surface area contributed by atoms with Gasteiger partial charge in [0.1, 0.15) is 46.4 Å². The fourth-order valence-corrected chi connectivity index (χ4v) is 23.4. The molecule has 6 aromatic heterocycles. The van der Waals surface area contributed by atoms with Crippen LogP contribution in [0.1, 0.15) is 177 Å². The van der Waals surface area contributed by atoms with Crippen molar-refractivity contribution < 1.29 is 69.2 Å². The molecule has 0 bridgehead atoms. The molecular formula is C76H106Br2Cl2N12O15S8. The third-order valence-electron chi connectivity index (χ3n) is 20.1. The largest absolute Gasteiger partial charge is 0.468 e. The molecule has 115 heavy (non-hydrogen) atoms. The van der Waals surface area contributed by atoms with E-state index >= 15 is 0 Å². The number of halogens is 4. The summed E-state index contributed by atoms with van der Waals surface area (Å²) < 4.78 is 92.5. The molecule has 0 radical (unpaired) electrons. The molecule has 5 aliphatic heterocycles. The monoisotopic (exact) mass is 1910 g/mol. The summed E-state index contributed by atoms with van der Waals surface area (Å²) in [5, 5.41) is 23.8. The lowest BCUT2D eigenvalue weighted by molar-refractivity contribution is -0.146. The fourth-order valence-electron chi connectivity index (χ4n) is 12.4. The van der Waals surface area contributed by atoms with Crippen molar-refractivity contribution in [3.8, 4) is 0 Å². The van der Waals surface area contributed by atoms with Crippen LogP contribution in [-0.2, 0) is 78.4 Å². The number of nitrogens with zero attached hydrogens (tertiary/aromatic N) is 10. The average molecular weight is 1920 g/mol. The zero-order valence-corrected chi connectivity index (χ0v) is 76.2. The Morgan fingerprint density at radius 1 is 0.539 bits per heavy atom. The van der Waals surface area contributed by atoms with E-state index in [1.54, 1.807) is 10.9 Å². The quantitative estimate of drug-likeness (QED) is 0.0199. The van der Waals surface area contributed by atoms with E-state index < -0.39 is 37.7 Å². The Morgan fingerprint density at radius 2 is 0.957 bits per heavy atom. The van der Waals surface area contributed by atoms with Crippen LogP contribution < -0.4 is 5.73 Å².